The third kappa shape index (κ3) is 3.43. The number of aromatic nitrogens is 2. The van der Waals surface area contributed by atoms with Crippen molar-refractivity contribution >= 4 is 5.91 Å². The van der Waals surface area contributed by atoms with Crippen molar-refractivity contribution in [1.29, 1.82) is 0 Å². The summed E-state index contributed by atoms with van der Waals surface area (Å²) in [4.78, 5) is 14.1. The molecule has 2 heterocycles. The molecule has 5 nitrogen and oxygen atoms in total. The van der Waals surface area contributed by atoms with E-state index in [1.54, 1.807) is 4.90 Å². The van der Waals surface area contributed by atoms with Crippen LogP contribution in [0.4, 0.5) is 13.2 Å². The number of likely N-dealkylation sites (tertiary alicyclic amines) is 1. The van der Waals surface area contributed by atoms with Crippen molar-refractivity contribution in [2.24, 2.45) is 5.73 Å². The van der Waals surface area contributed by atoms with E-state index in [1.807, 2.05) is 0 Å². The third-order valence-electron chi connectivity index (χ3n) is 3.99. The molecule has 0 saturated carbocycles. The van der Waals surface area contributed by atoms with Gasteiger partial charge in [0.2, 0.25) is 0 Å². The van der Waals surface area contributed by atoms with Crippen molar-refractivity contribution in [3.63, 3.8) is 0 Å². The lowest BCUT2D eigenvalue weighted by Gasteiger charge is -2.30. The van der Waals surface area contributed by atoms with Crippen LogP contribution in [0.1, 0.15) is 28.9 Å². The quantitative estimate of drug-likeness (QED) is 0.915. The van der Waals surface area contributed by atoms with Crippen molar-refractivity contribution in [1.82, 2.24) is 14.7 Å². The Kier molecular flexibility index (Phi) is 4.31. The molecule has 2 N–H and O–H groups in total. The van der Waals surface area contributed by atoms with E-state index >= 15 is 0 Å². The Bertz CT molecular complexity index is 741. The molecule has 1 aliphatic rings. The number of nitrogens with zero attached hydrogens (tertiary/aromatic N) is 3. The number of halogens is 3. The summed E-state index contributed by atoms with van der Waals surface area (Å²) in [6.07, 6.45) is -1.23. The standard InChI is InChI=1S/C16H17F3N4O/c17-16(18,19)11-3-1-5-13(9-11)23-8-6-14(21-23)15(24)22-7-2-4-12(20)10-22/h1,3,5-6,8-9,12H,2,4,7,10,20H2/t12-/m1/s1. The Morgan fingerprint density at radius 2 is 2.08 bits per heavy atom. The lowest BCUT2D eigenvalue weighted by atomic mass is 10.1. The molecule has 1 fully saturated rings. The predicted octanol–water partition coefficient (Wildman–Crippen LogP) is 2.45. The van der Waals surface area contributed by atoms with Crippen molar-refractivity contribution in [3.8, 4) is 5.69 Å². The fourth-order valence-electron chi connectivity index (χ4n) is 2.76. The molecule has 0 radical (unpaired) electrons. The van der Waals surface area contributed by atoms with Gasteiger partial charge in [0.05, 0.1) is 11.3 Å². The molecule has 0 bridgehead atoms. The molecule has 0 unspecified atom stereocenters. The van der Waals surface area contributed by atoms with Crippen LogP contribution < -0.4 is 5.73 Å². The largest absolute Gasteiger partial charge is 0.416 e. The minimum Gasteiger partial charge on any atom is -0.336 e. The maximum atomic E-state index is 12.8. The van der Waals surface area contributed by atoms with E-state index in [0.717, 1.165) is 25.0 Å². The first-order valence-corrected chi connectivity index (χ1v) is 7.63. The average molecular weight is 338 g/mol. The van der Waals surface area contributed by atoms with Crippen LogP contribution in [0, 0.1) is 0 Å². The number of carbonyl (C=O) groups excluding carboxylic acids is 1. The van der Waals surface area contributed by atoms with Crippen LogP contribution in [0.25, 0.3) is 5.69 Å². The van der Waals surface area contributed by atoms with Gasteiger partial charge in [0, 0.05) is 25.3 Å². The highest BCUT2D eigenvalue weighted by molar-refractivity contribution is 5.92. The molecular weight excluding hydrogens is 321 g/mol. The van der Waals surface area contributed by atoms with Gasteiger partial charge >= 0.3 is 6.18 Å². The summed E-state index contributed by atoms with van der Waals surface area (Å²) >= 11 is 0. The molecule has 1 saturated heterocycles. The lowest BCUT2D eigenvalue weighted by Crippen LogP contribution is -2.45. The average Bonchev–Trinajstić information content (AvgIpc) is 3.03. The molecule has 1 atom stereocenters. The van der Waals surface area contributed by atoms with Gasteiger partial charge in [-0.2, -0.15) is 18.3 Å². The second-order valence-electron chi connectivity index (χ2n) is 5.85. The van der Waals surface area contributed by atoms with Crippen LogP contribution in [0.15, 0.2) is 36.5 Å². The van der Waals surface area contributed by atoms with E-state index in [9.17, 15) is 18.0 Å². The highest BCUT2D eigenvalue weighted by atomic mass is 19.4. The minimum absolute atomic E-state index is 0.0479. The first-order chi connectivity index (χ1) is 11.3. The van der Waals surface area contributed by atoms with Crippen LogP contribution in [0.2, 0.25) is 0 Å². The summed E-state index contributed by atoms with van der Waals surface area (Å²) in [5, 5.41) is 4.12. The molecule has 1 amide bonds. The van der Waals surface area contributed by atoms with Crippen LogP contribution in [-0.4, -0.2) is 39.7 Å². The van der Waals surface area contributed by atoms with Crippen molar-refractivity contribution in [3.05, 3.63) is 47.8 Å². The molecule has 8 heteroatoms. The molecular formula is C16H17F3N4O. The van der Waals surface area contributed by atoms with Gasteiger partial charge in [0.25, 0.3) is 5.91 Å². The lowest BCUT2D eigenvalue weighted by molar-refractivity contribution is -0.137. The summed E-state index contributed by atoms with van der Waals surface area (Å²) in [6.45, 7) is 1.08. The highest BCUT2D eigenvalue weighted by Gasteiger charge is 2.30. The van der Waals surface area contributed by atoms with E-state index < -0.39 is 11.7 Å². The number of benzene rings is 1. The van der Waals surface area contributed by atoms with E-state index in [-0.39, 0.29) is 23.3 Å². The first-order valence-electron chi connectivity index (χ1n) is 7.63. The third-order valence-corrected chi connectivity index (χ3v) is 3.99. The second-order valence-corrected chi connectivity index (χ2v) is 5.85. The zero-order valence-corrected chi connectivity index (χ0v) is 12.8. The number of piperidine rings is 1. The van der Waals surface area contributed by atoms with Gasteiger partial charge < -0.3 is 10.6 Å². The molecule has 2 aromatic rings. The maximum absolute atomic E-state index is 12.8. The number of hydrogen-bond acceptors (Lipinski definition) is 3. The number of amides is 1. The molecule has 128 valence electrons. The van der Waals surface area contributed by atoms with Crippen LogP contribution in [0.5, 0.6) is 0 Å². The van der Waals surface area contributed by atoms with Crippen LogP contribution in [-0.2, 0) is 6.18 Å². The number of hydrogen-bond donors (Lipinski definition) is 1. The Morgan fingerprint density at radius 1 is 1.29 bits per heavy atom. The summed E-state index contributed by atoms with van der Waals surface area (Å²) in [7, 11) is 0. The van der Waals surface area contributed by atoms with E-state index in [2.05, 4.69) is 5.10 Å². The number of carbonyl (C=O) groups is 1. The maximum Gasteiger partial charge on any atom is 0.416 e. The Balaban J connectivity index is 1.82. The summed E-state index contributed by atoms with van der Waals surface area (Å²) in [5.74, 6) is -0.254. The van der Waals surface area contributed by atoms with Gasteiger partial charge in [-0.25, -0.2) is 4.68 Å². The van der Waals surface area contributed by atoms with Gasteiger partial charge in [-0.1, -0.05) is 6.07 Å². The predicted molar refractivity (Wildman–Crippen MR) is 81.7 cm³/mol. The second kappa shape index (κ2) is 6.27. The zero-order chi connectivity index (χ0) is 17.3. The monoisotopic (exact) mass is 338 g/mol. The molecule has 1 aromatic carbocycles. The fraction of sp³-hybridized carbons (Fsp3) is 0.375. The van der Waals surface area contributed by atoms with Gasteiger partial charge in [-0.05, 0) is 37.1 Å². The molecule has 0 spiro atoms. The number of nitrogens with two attached hydrogens (primary N) is 1. The summed E-state index contributed by atoms with van der Waals surface area (Å²) in [5.41, 5.74) is 5.55. The van der Waals surface area contributed by atoms with Crippen molar-refractivity contribution in [2.45, 2.75) is 25.1 Å². The normalized spacial score (nSPS) is 18.7. The Morgan fingerprint density at radius 3 is 2.79 bits per heavy atom. The van der Waals surface area contributed by atoms with Gasteiger partial charge in [0.15, 0.2) is 5.69 Å². The smallest absolute Gasteiger partial charge is 0.336 e. The fourth-order valence-corrected chi connectivity index (χ4v) is 2.76. The van der Waals surface area contributed by atoms with Gasteiger partial charge in [0.1, 0.15) is 0 Å². The molecule has 1 aliphatic heterocycles. The van der Waals surface area contributed by atoms with Gasteiger partial charge in [-0.3, -0.25) is 4.79 Å². The zero-order valence-electron chi connectivity index (χ0n) is 12.8. The van der Waals surface area contributed by atoms with Crippen molar-refractivity contribution in [2.75, 3.05) is 13.1 Å². The summed E-state index contributed by atoms with van der Waals surface area (Å²) in [6, 6.07) is 6.26. The Hall–Kier alpha value is -2.35. The van der Waals surface area contributed by atoms with E-state index in [0.29, 0.717) is 13.1 Å². The highest BCUT2D eigenvalue weighted by Crippen LogP contribution is 2.30. The van der Waals surface area contributed by atoms with E-state index in [1.165, 1.54) is 29.1 Å². The number of rotatable bonds is 2. The molecule has 0 aliphatic carbocycles. The van der Waals surface area contributed by atoms with Gasteiger partial charge in [-0.15, -0.1) is 0 Å². The number of alkyl halides is 3. The first kappa shape index (κ1) is 16.5. The minimum atomic E-state index is -4.42. The van der Waals surface area contributed by atoms with E-state index in [4.69, 9.17) is 5.73 Å². The summed E-state index contributed by atoms with van der Waals surface area (Å²) < 4.78 is 39.7. The molecule has 3 rings (SSSR count). The molecule has 1 aromatic heterocycles. The molecule has 24 heavy (non-hydrogen) atoms. The van der Waals surface area contributed by atoms with Crippen LogP contribution >= 0.6 is 0 Å². The van der Waals surface area contributed by atoms with Crippen molar-refractivity contribution < 1.29 is 18.0 Å². The Labute approximate surface area is 136 Å². The van der Waals surface area contributed by atoms with Crippen LogP contribution in [0.3, 0.4) is 0 Å². The topological polar surface area (TPSA) is 64.2 Å². The SMILES string of the molecule is N[C@@H]1CCCN(C(=O)c2ccn(-c3cccc(C(F)(F)F)c3)n2)C1.